The third-order valence-electron chi connectivity index (χ3n) is 4.43. The number of fused-ring (bicyclic) bond motifs is 3. The third-order valence-corrected chi connectivity index (χ3v) is 5.40. The molecule has 0 aromatic carbocycles. The summed E-state index contributed by atoms with van der Waals surface area (Å²) in [5.74, 6) is 0.947. The molecule has 3 aliphatic heterocycles. The molecule has 3 fully saturated rings. The molecule has 136 valence electrons. The van der Waals surface area contributed by atoms with Crippen molar-refractivity contribution >= 4 is 39.8 Å². The number of hydrogen-bond donors (Lipinski definition) is 2. The molecule has 2 bridgehead atoms. The Morgan fingerprint density at radius 3 is 2.43 bits per heavy atom. The fourth-order valence-electron chi connectivity index (χ4n) is 3.02. The second kappa shape index (κ2) is 9.38. The molecular weight excluding hydrogens is 429 g/mol. The van der Waals surface area contributed by atoms with E-state index >= 15 is 0 Å². The van der Waals surface area contributed by atoms with Crippen LogP contribution in [-0.4, -0.2) is 94.6 Å². The number of sulfone groups is 1. The van der Waals surface area contributed by atoms with E-state index in [1.165, 1.54) is 19.3 Å². The van der Waals surface area contributed by atoms with Crippen LogP contribution < -0.4 is 10.6 Å². The smallest absolute Gasteiger partial charge is 0.191 e. The van der Waals surface area contributed by atoms with Crippen LogP contribution in [0.4, 0.5) is 0 Å². The summed E-state index contributed by atoms with van der Waals surface area (Å²) in [4.78, 5) is 9.28. The van der Waals surface area contributed by atoms with E-state index in [1.807, 2.05) is 6.92 Å². The normalized spacial score (nSPS) is 28.8. The molecule has 2 N–H and O–H groups in total. The number of hydrogen-bond acceptors (Lipinski definition) is 5. The second-order valence-electron chi connectivity index (χ2n) is 6.41. The van der Waals surface area contributed by atoms with Gasteiger partial charge in [0.2, 0.25) is 0 Å². The van der Waals surface area contributed by atoms with E-state index in [1.54, 1.807) is 7.05 Å². The van der Waals surface area contributed by atoms with Gasteiger partial charge in [0.15, 0.2) is 5.96 Å². The number of guanidine groups is 1. The van der Waals surface area contributed by atoms with Crippen LogP contribution in [0.5, 0.6) is 0 Å². The fourth-order valence-corrected chi connectivity index (χ4v) is 3.81. The lowest BCUT2D eigenvalue weighted by Gasteiger charge is -2.47. The van der Waals surface area contributed by atoms with Gasteiger partial charge in [-0.05, 0) is 13.3 Å². The lowest BCUT2D eigenvalue weighted by atomic mass is 10.1. The summed E-state index contributed by atoms with van der Waals surface area (Å²) in [5, 5.41) is 6.64. The SMILES string of the molecule is CN=C(NCC1CN2CCN1CC2)NC(C)CCS(C)(=O)=O.I. The van der Waals surface area contributed by atoms with E-state index in [9.17, 15) is 8.42 Å². The van der Waals surface area contributed by atoms with Crippen LogP contribution in [0.25, 0.3) is 0 Å². The van der Waals surface area contributed by atoms with E-state index in [2.05, 4.69) is 25.4 Å². The summed E-state index contributed by atoms with van der Waals surface area (Å²) >= 11 is 0. The molecule has 3 aliphatic rings. The first-order valence-corrected chi connectivity index (χ1v) is 10.0. The molecule has 2 unspecified atom stereocenters. The molecule has 9 heteroatoms. The van der Waals surface area contributed by atoms with Gasteiger partial charge in [0, 0.05) is 64.7 Å². The second-order valence-corrected chi connectivity index (χ2v) is 8.67. The van der Waals surface area contributed by atoms with Gasteiger partial charge in [0.25, 0.3) is 0 Å². The van der Waals surface area contributed by atoms with Crippen LogP contribution >= 0.6 is 24.0 Å². The molecule has 0 spiro atoms. The van der Waals surface area contributed by atoms with Crippen LogP contribution in [0.2, 0.25) is 0 Å². The van der Waals surface area contributed by atoms with Gasteiger partial charge in [-0.2, -0.15) is 0 Å². The molecule has 0 saturated carbocycles. The topological polar surface area (TPSA) is 77.0 Å². The van der Waals surface area contributed by atoms with Crippen molar-refractivity contribution in [2.75, 3.05) is 58.3 Å². The average molecular weight is 459 g/mol. The molecule has 2 atom stereocenters. The lowest BCUT2D eigenvalue weighted by Crippen LogP contribution is -2.64. The van der Waals surface area contributed by atoms with Crippen molar-refractivity contribution in [3.05, 3.63) is 0 Å². The lowest BCUT2D eigenvalue weighted by molar-refractivity contribution is 0.0154. The van der Waals surface area contributed by atoms with Crippen LogP contribution in [0.15, 0.2) is 4.99 Å². The summed E-state index contributed by atoms with van der Waals surface area (Å²) in [7, 11) is -1.16. The Balaban J connectivity index is 0.00000264. The number of piperazine rings is 3. The van der Waals surface area contributed by atoms with Crippen molar-refractivity contribution < 1.29 is 8.42 Å². The van der Waals surface area contributed by atoms with Gasteiger partial charge in [-0.3, -0.25) is 14.8 Å². The average Bonchev–Trinajstić information content (AvgIpc) is 2.50. The molecule has 3 heterocycles. The van der Waals surface area contributed by atoms with E-state index in [-0.39, 0.29) is 35.8 Å². The van der Waals surface area contributed by atoms with Gasteiger partial charge in [0.05, 0.1) is 5.75 Å². The van der Waals surface area contributed by atoms with Gasteiger partial charge < -0.3 is 10.6 Å². The number of nitrogens with one attached hydrogen (secondary N) is 2. The number of aliphatic imine (C=N–C) groups is 1. The Morgan fingerprint density at radius 1 is 1.30 bits per heavy atom. The minimum Gasteiger partial charge on any atom is -0.355 e. The monoisotopic (exact) mass is 459 g/mol. The van der Waals surface area contributed by atoms with Crippen molar-refractivity contribution in [2.24, 2.45) is 4.99 Å². The summed E-state index contributed by atoms with van der Waals surface area (Å²) in [6.07, 6.45) is 1.86. The van der Waals surface area contributed by atoms with E-state index in [0.717, 1.165) is 32.1 Å². The fraction of sp³-hybridized carbons (Fsp3) is 0.929. The molecule has 7 nitrogen and oxygen atoms in total. The standard InChI is InChI=1S/C14H29N5O2S.HI/c1-12(4-9-22(3,20)21)17-14(15-2)16-10-13-11-18-5-7-19(13)8-6-18;/h12-13H,4-11H2,1-3H3,(H2,15,16,17);1H. The minimum absolute atomic E-state index is 0. The summed E-state index contributed by atoms with van der Waals surface area (Å²) in [5.41, 5.74) is 0. The molecular formula is C14H30IN5O2S. The van der Waals surface area contributed by atoms with Crippen molar-refractivity contribution in [2.45, 2.75) is 25.4 Å². The van der Waals surface area contributed by atoms with Crippen LogP contribution in [0.3, 0.4) is 0 Å². The zero-order chi connectivity index (χ0) is 16.2. The van der Waals surface area contributed by atoms with Crippen molar-refractivity contribution in [3.8, 4) is 0 Å². The molecule has 0 aliphatic carbocycles. The highest BCUT2D eigenvalue weighted by Gasteiger charge is 2.31. The van der Waals surface area contributed by atoms with Crippen molar-refractivity contribution in [3.63, 3.8) is 0 Å². The van der Waals surface area contributed by atoms with Crippen LogP contribution in [-0.2, 0) is 9.84 Å². The Bertz CT molecular complexity index is 491. The number of halogens is 1. The summed E-state index contributed by atoms with van der Waals surface area (Å²) in [6, 6.07) is 0.611. The maximum atomic E-state index is 11.2. The van der Waals surface area contributed by atoms with E-state index in [4.69, 9.17) is 0 Å². The first-order valence-electron chi connectivity index (χ1n) is 7.98. The molecule has 3 saturated heterocycles. The Morgan fingerprint density at radius 2 is 1.96 bits per heavy atom. The largest absolute Gasteiger partial charge is 0.355 e. The van der Waals surface area contributed by atoms with Gasteiger partial charge in [-0.15, -0.1) is 24.0 Å². The molecule has 23 heavy (non-hydrogen) atoms. The zero-order valence-electron chi connectivity index (χ0n) is 14.3. The van der Waals surface area contributed by atoms with Gasteiger partial charge in [-0.25, -0.2) is 8.42 Å². The van der Waals surface area contributed by atoms with Crippen LogP contribution in [0, 0.1) is 0 Å². The van der Waals surface area contributed by atoms with Gasteiger partial charge >= 0.3 is 0 Å². The Labute approximate surface area is 157 Å². The predicted octanol–water partition coefficient (Wildman–Crippen LogP) is -0.408. The highest BCUT2D eigenvalue weighted by molar-refractivity contribution is 14.0. The first kappa shape index (κ1) is 20.9. The quantitative estimate of drug-likeness (QED) is 0.320. The summed E-state index contributed by atoms with van der Waals surface area (Å²) in [6.45, 7) is 8.66. The molecule has 0 radical (unpaired) electrons. The van der Waals surface area contributed by atoms with E-state index < -0.39 is 9.84 Å². The molecule has 3 rings (SSSR count). The number of rotatable bonds is 6. The predicted molar refractivity (Wildman–Crippen MR) is 106 cm³/mol. The Hall–Kier alpha value is -0.130. The minimum atomic E-state index is -2.91. The van der Waals surface area contributed by atoms with Gasteiger partial charge in [-0.1, -0.05) is 0 Å². The highest BCUT2D eigenvalue weighted by atomic mass is 127. The highest BCUT2D eigenvalue weighted by Crippen LogP contribution is 2.14. The van der Waals surface area contributed by atoms with Crippen molar-refractivity contribution in [1.29, 1.82) is 0 Å². The van der Waals surface area contributed by atoms with Crippen LogP contribution in [0.1, 0.15) is 13.3 Å². The molecule has 0 aromatic heterocycles. The third kappa shape index (κ3) is 7.10. The molecule has 0 amide bonds. The van der Waals surface area contributed by atoms with E-state index in [0.29, 0.717) is 12.5 Å². The maximum absolute atomic E-state index is 11.2. The zero-order valence-corrected chi connectivity index (χ0v) is 17.4. The first-order chi connectivity index (χ1) is 10.4. The Kier molecular flexibility index (Phi) is 8.53. The molecule has 0 aromatic rings. The van der Waals surface area contributed by atoms with Crippen molar-refractivity contribution in [1.82, 2.24) is 20.4 Å². The maximum Gasteiger partial charge on any atom is 0.191 e. The van der Waals surface area contributed by atoms with Gasteiger partial charge in [0.1, 0.15) is 9.84 Å². The summed E-state index contributed by atoms with van der Waals surface area (Å²) < 4.78 is 22.4. The number of nitrogens with zero attached hydrogens (tertiary/aromatic N) is 3.